The van der Waals surface area contributed by atoms with E-state index in [4.69, 9.17) is 4.74 Å². The van der Waals surface area contributed by atoms with E-state index in [2.05, 4.69) is 36.5 Å². The summed E-state index contributed by atoms with van der Waals surface area (Å²) in [5.74, 6) is 2.18. The Morgan fingerprint density at radius 3 is 2.56 bits per heavy atom. The maximum atomic E-state index is 5.38. The first-order chi connectivity index (χ1) is 12.1. The zero-order chi connectivity index (χ0) is 17.6. The Morgan fingerprint density at radius 2 is 1.80 bits per heavy atom. The second-order valence-electron chi connectivity index (χ2n) is 5.52. The first-order valence-corrected chi connectivity index (χ1v) is 8.67. The fourth-order valence-corrected chi connectivity index (χ4v) is 2.68. The van der Waals surface area contributed by atoms with E-state index >= 15 is 0 Å². The summed E-state index contributed by atoms with van der Waals surface area (Å²) in [6.45, 7) is 2.57. The molecule has 5 nitrogen and oxygen atoms in total. The highest BCUT2D eigenvalue weighted by Crippen LogP contribution is 2.21. The van der Waals surface area contributed by atoms with Gasteiger partial charge in [-0.3, -0.25) is 0 Å². The number of nitrogens with one attached hydrogen (secondary N) is 2. The largest absolute Gasteiger partial charge is 0.496 e. The van der Waals surface area contributed by atoms with Gasteiger partial charge in [-0.25, -0.2) is 4.98 Å². The van der Waals surface area contributed by atoms with Crippen LogP contribution in [0.15, 0.2) is 59.1 Å². The molecule has 6 heteroatoms. The molecule has 128 valence electrons. The number of hydrogen-bond acceptors (Lipinski definition) is 5. The van der Waals surface area contributed by atoms with Crippen LogP contribution in [0.3, 0.4) is 0 Å². The fourth-order valence-electron chi connectivity index (χ4n) is 2.41. The normalized spacial score (nSPS) is 10.4. The van der Waals surface area contributed by atoms with Crippen molar-refractivity contribution in [1.29, 1.82) is 0 Å². The summed E-state index contributed by atoms with van der Waals surface area (Å²) >= 11 is 3.43. The van der Waals surface area contributed by atoms with Crippen molar-refractivity contribution >= 4 is 33.4 Å². The van der Waals surface area contributed by atoms with Gasteiger partial charge in [-0.15, -0.1) is 0 Å². The highest BCUT2D eigenvalue weighted by atomic mass is 79.9. The molecule has 0 saturated heterocycles. The number of ether oxygens (including phenoxy) is 1. The van der Waals surface area contributed by atoms with Crippen LogP contribution in [-0.2, 0) is 6.54 Å². The second kappa shape index (κ2) is 7.98. The van der Waals surface area contributed by atoms with Gasteiger partial charge in [-0.05, 0) is 37.3 Å². The number of anilines is 3. The summed E-state index contributed by atoms with van der Waals surface area (Å²) in [5.41, 5.74) is 2.89. The molecule has 0 radical (unpaired) electrons. The van der Waals surface area contributed by atoms with Crippen molar-refractivity contribution in [3.63, 3.8) is 0 Å². The van der Waals surface area contributed by atoms with E-state index in [1.165, 1.54) is 0 Å². The molecule has 0 fully saturated rings. The number of methoxy groups -OCH3 is 1. The van der Waals surface area contributed by atoms with E-state index < -0.39 is 0 Å². The third-order valence-electron chi connectivity index (χ3n) is 3.61. The first-order valence-electron chi connectivity index (χ1n) is 7.88. The summed E-state index contributed by atoms with van der Waals surface area (Å²) in [6.07, 6.45) is 0. The number of rotatable bonds is 6. The van der Waals surface area contributed by atoms with Crippen LogP contribution in [0.4, 0.5) is 17.5 Å². The van der Waals surface area contributed by atoms with Crippen LogP contribution >= 0.6 is 15.9 Å². The molecule has 0 saturated carbocycles. The molecule has 2 N–H and O–H groups in total. The number of nitrogens with zero attached hydrogens (tertiary/aromatic N) is 2. The average molecular weight is 399 g/mol. The Hall–Kier alpha value is -2.60. The predicted octanol–water partition coefficient (Wildman–Crippen LogP) is 4.91. The van der Waals surface area contributed by atoms with Gasteiger partial charge in [0.2, 0.25) is 5.95 Å². The number of hydrogen-bond donors (Lipinski definition) is 2. The maximum absolute atomic E-state index is 5.38. The highest BCUT2D eigenvalue weighted by molar-refractivity contribution is 9.10. The maximum Gasteiger partial charge on any atom is 0.229 e. The quantitative estimate of drug-likeness (QED) is 0.617. The van der Waals surface area contributed by atoms with Crippen molar-refractivity contribution in [2.45, 2.75) is 13.5 Å². The lowest BCUT2D eigenvalue weighted by atomic mass is 10.2. The molecule has 0 atom stereocenters. The monoisotopic (exact) mass is 398 g/mol. The van der Waals surface area contributed by atoms with Crippen LogP contribution < -0.4 is 15.4 Å². The Bertz CT molecular complexity index is 852. The number of aryl methyl sites for hydroxylation is 1. The summed E-state index contributed by atoms with van der Waals surface area (Å²) in [5, 5.41) is 6.56. The fraction of sp³-hybridized carbons (Fsp3) is 0.158. The summed E-state index contributed by atoms with van der Waals surface area (Å²) < 4.78 is 6.41. The van der Waals surface area contributed by atoms with Crippen molar-refractivity contribution in [2.75, 3.05) is 17.7 Å². The first kappa shape index (κ1) is 17.2. The van der Waals surface area contributed by atoms with Crippen LogP contribution in [0.5, 0.6) is 5.75 Å². The Morgan fingerprint density at radius 1 is 1.04 bits per heavy atom. The SMILES string of the molecule is COc1ccccc1CNc1cc(C)nc(Nc2ccc(Br)cc2)n1. The van der Waals surface area contributed by atoms with Crippen LogP contribution in [0.2, 0.25) is 0 Å². The number of benzene rings is 2. The van der Waals surface area contributed by atoms with Gasteiger partial charge in [-0.1, -0.05) is 34.1 Å². The zero-order valence-electron chi connectivity index (χ0n) is 14.1. The minimum absolute atomic E-state index is 0.560. The zero-order valence-corrected chi connectivity index (χ0v) is 15.7. The van der Waals surface area contributed by atoms with Crippen molar-refractivity contribution in [3.8, 4) is 5.75 Å². The van der Waals surface area contributed by atoms with E-state index in [9.17, 15) is 0 Å². The lowest BCUT2D eigenvalue weighted by molar-refractivity contribution is 0.410. The lowest BCUT2D eigenvalue weighted by Crippen LogP contribution is -2.06. The van der Waals surface area contributed by atoms with E-state index in [-0.39, 0.29) is 0 Å². The molecule has 0 bridgehead atoms. The van der Waals surface area contributed by atoms with Gasteiger partial charge in [0, 0.05) is 34.0 Å². The highest BCUT2D eigenvalue weighted by Gasteiger charge is 2.05. The Kier molecular flexibility index (Phi) is 5.50. The van der Waals surface area contributed by atoms with Gasteiger partial charge in [0.25, 0.3) is 0 Å². The molecule has 25 heavy (non-hydrogen) atoms. The van der Waals surface area contributed by atoms with E-state index in [1.54, 1.807) is 7.11 Å². The van der Waals surface area contributed by atoms with Crippen molar-refractivity contribution < 1.29 is 4.74 Å². The number of para-hydroxylation sites is 1. The van der Waals surface area contributed by atoms with E-state index in [1.807, 2.05) is 61.5 Å². The summed E-state index contributed by atoms with van der Waals surface area (Å²) in [7, 11) is 1.67. The predicted molar refractivity (Wildman–Crippen MR) is 105 cm³/mol. The van der Waals surface area contributed by atoms with Crippen LogP contribution in [-0.4, -0.2) is 17.1 Å². The van der Waals surface area contributed by atoms with Gasteiger partial charge in [0.15, 0.2) is 0 Å². The summed E-state index contributed by atoms with van der Waals surface area (Å²) in [4.78, 5) is 8.98. The number of aromatic nitrogens is 2. The molecule has 1 heterocycles. The molecule has 0 aliphatic heterocycles. The lowest BCUT2D eigenvalue weighted by Gasteiger charge is -2.12. The molecule has 3 rings (SSSR count). The molecule has 0 aliphatic rings. The van der Waals surface area contributed by atoms with Crippen molar-refractivity contribution in [2.24, 2.45) is 0 Å². The van der Waals surface area contributed by atoms with Gasteiger partial charge in [0.05, 0.1) is 7.11 Å². The van der Waals surface area contributed by atoms with Gasteiger partial charge >= 0.3 is 0 Å². The molecule has 0 aliphatic carbocycles. The van der Waals surface area contributed by atoms with Crippen molar-refractivity contribution in [3.05, 3.63) is 70.3 Å². The van der Waals surface area contributed by atoms with Gasteiger partial charge in [0.1, 0.15) is 11.6 Å². The van der Waals surface area contributed by atoms with Crippen molar-refractivity contribution in [1.82, 2.24) is 9.97 Å². The Balaban J connectivity index is 1.74. The molecular formula is C19H19BrN4O. The second-order valence-corrected chi connectivity index (χ2v) is 6.43. The third kappa shape index (κ3) is 4.70. The molecule has 0 amide bonds. The van der Waals surface area contributed by atoms with Gasteiger partial charge < -0.3 is 15.4 Å². The standard InChI is InChI=1S/C19H19BrN4O/c1-13-11-18(21-12-14-5-3-4-6-17(14)25-2)24-19(22-13)23-16-9-7-15(20)8-10-16/h3-11H,12H2,1-2H3,(H2,21,22,23,24). The Labute approximate surface area is 155 Å². The van der Waals surface area contributed by atoms with E-state index in [0.717, 1.165) is 33.0 Å². The van der Waals surface area contributed by atoms with Gasteiger partial charge in [-0.2, -0.15) is 4.98 Å². The molecule has 3 aromatic rings. The smallest absolute Gasteiger partial charge is 0.229 e. The molecular weight excluding hydrogens is 380 g/mol. The van der Waals surface area contributed by atoms with Crippen LogP contribution in [0, 0.1) is 6.92 Å². The molecule has 0 unspecified atom stereocenters. The summed E-state index contributed by atoms with van der Waals surface area (Å²) in [6, 6.07) is 17.7. The van der Waals surface area contributed by atoms with E-state index in [0.29, 0.717) is 12.5 Å². The van der Waals surface area contributed by atoms with Crippen LogP contribution in [0.25, 0.3) is 0 Å². The number of halogens is 1. The minimum Gasteiger partial charge on any atom is -0.496 e. The molecule has 0 spiro atoms. The third-order valence-corrected chi connectivity index (χ3v) is 4.14. The average Bonchev–Trinajstić information content (AvgIpc) is 2.62. The van der Waals surface area contributed by atoms with Crippen LogP contribution in [0.1, 0.15) is 11.3 Å². The molecule has 1 aromatic heterocycles. The molecule has 2 aromatic carbocycles. The topological polar surface area (TPSA) is 59.1 Å². The minimum atomic E-state index is 0.560.